The molecule has 2 N–H and O–H groups in total. The summed E-state index contributed by atoms with van der Waals surface area (Å²) < 4.78 is 2.08. The molecule has 0 unspecified atom stereocenters. The third kappa shape index (κ3) is 3.10. The number of nitrogen functional groups attached to an aromatic ring is 1. The lowest BCUT2D eigenvalue weighted by molar-refractivity contribution is -0.132. The van der Waals surface area contributed by atoms with Crippen LogP contribution in [0.3, 0.4) is 0 Å². The summed E-state index contributed by atoms with van der Waals surface area (Å²) in [5.41, 5.74) is 9.06. The molecule has 0 atom stereocenters. The Kier molecular flexibility index (Phi) is 3.93. The third-order valence-corrected chi connectivity index (χ3v) is 4.50. The molecule has 0 radical (unpaired) electrons. The van der Waals surface area contributed by atoms with Gasteiger partial charge in [0.05, 0.1) is 30.0 Å². The molecule has 1 aliphatic heterocycles. The number of hydrogen-bond donors (Lipinski definition) is 1. The van der Waals surface area contributed by atoms with Crippen LogP contribution in [-0.2, 0) is 24.3 Å². The van der Waals surface area contributed by atoms with Crippen LogP contribution in [0.25, 0.3) is 11.3 Å². The Morgan fingerprint density at radius 2 is 1.96 bits per heavy atom. The van der Waals surface area contributed by atoms with Crippen LogP contribution in [-0.4, -0.2) is 31.9 Å². The molecule has 1 aromatic carbocycles. The highest BCUT2D eigenvalue weighted by Crippen LogP contribution is 2.21. The number of amides is 1. The summed E-state index contributed by atoms with van der Waals surface area (Å²) in [6, 6.07) is 13.6. The second-order valence-electron chi connectivity index (χ2n) is 6.13. The van der Waals surface area contributed by atoms with Gasteiger partial charge in [0.25, 0.3) is 0 Å². The van der Waals surface area contributed by atoms with E-state index in [2.05, 4.69) is 14.5 Å². The number of pyridine rings is 1. The van der Waals surface area contributed by atoms with E-state index < -0.39 is 0 Å². The maximum atomic E-state index is 12.7. The number of aromatic nitrogens is 3. The lowest BCUT2D eigenvalue weighted by Crippen LogP contribution is -2.39. The maximum Gasteiger partial charge on any atom is 0.229 e. The summed E-state index contributed by atoms with van der Waals surface area (Å²) in [7, 11) is 0. The second kappa shape index (κ2) is 6.39. The Bertz CT molecular complexity index is 903. The van der Waals surface area contributed by atoms with E-state index in [4.69, 9.17) is 5.73 Å². The SMILES string of the molecule is Nc1ccc(-c2ccccc2)nc1CC(=O)N1CCn2ccnc2C1. The number of benzene rings is 1. The van der Waals surface area contributed by atoms with Gasteiger partial charge >= 0.3 is 0 Å². The summed E-state index contributed by atoms with van der Waals surface area (Å²) in [5, 5.41) is 0. The number of nitrogens with two attached hydrogens (primary N) is 1. The van der Waals surface area contributed by atoms with Crippen LogP contribution in [0.4, 0.5) is 5.69 Å². The van der Waals surface area contributed by atoms with E-state index in [9.17, 15) is 4.79 Å². The Labute approximate surface area is 145 Å². The highest BCUT2D eigenvalue weighted by Gasteiger charge is 2.22. The van der Waals surface area contributed by atoms with Crippen molar-refractivity contribution in [3.8, 4) is 11.3 Å². The molecule has 0 saturated carbocycles. The fourth-order valence-corrected chi connectivity index (χ4v) is 3.06. The molecule has 2 aromatic heterocycles. The van der Waals surface area contributed by atoms with Gasteiger partial charge in [-0.3, -0.25) is 9.78 Å². The largest absolute Gasteiger partial charge is 0.397 e. The van der Waals surface area contributed by atoms with Crippen molar-refractivity contribution in [1.82, 2.24) is 19.4 Å². The van der Waals surface area contributed by atoms with Gasteiger partial charge in [0.2, 0.25) is 5.91 Å². The minimum absolute atomic E-state index is 0.0265. The van der Waals surface area contributed by atoms with Gasteiger partial charge in [0.15, 0.2) is 0 Å². The number of fused-ring (bicyclic) bond motifs is 1. The first-order valence-electron chi connectivity index (χ1n) is 8.29. The molecule has 0 saturated heterocycles. The monoisotopic (exact) mass is 333 g/mol. The van der Waals surface area contributed by atoms with Crippen LogP contribution in [0, 0.1) is 0 Å². The Balaban J connectivity index is 1.53. The predicted molar refractivity (Wildman–Crippen MR) is 95.4 cm³/mol. The maximum absolute atomic E-state index is 12.7. The fourth-order valence-electron chi connectivity index (χ4n) is 3.06. The van der Waals surface area contributed by atoms with Crippen LogP contribution >= 0.6 is 0 Å². The molecule has 3 aromatic rings. The van der Waals surface area contributed by atoms with Crippen molar-refractivity contribution in [2.45, 2.75) is 19.5 Å². The number of nitrogens with zero attached hydrogens (tertiary/aromatic N) is 4. The first kappa shape index (κ1) is 15.4. The number of imidazole rings is 1. The van der Waals surface area contributed by atoms with Gasteiger partial charge in [-0.05, 0) is 12.1 Å². The molecule has 0 spiro atoms. The van der Waals surface area contributed by atoms with Gasteiger partial charge in [-0.25, -0.2) is 4.98 Å². The van der Waals surface area contributed by atoms with E-state index in [0.717, 1.165) is 23.6 Å². The van der Waals surface area contributed by atoms with Gasteiger partial charge in [-0.2, -0.15) is 0 Å². The molecule has 126 valence electrons. The molecule has 1 aliphatic rings. The molecule has 0 fully saturated rings. The van der Waals surface area contributed by atoms with Crippen molar-refractivity contribution >= 4 is 11.6 Å². The van der Waals surface area contributed by atoms with Crippen LogP contribution in [0.1, 0.15) is 11.5 Å². The Hall–Kier alpha value is -3.15. The van der Waals surface area contributed by atoms with E-state index in [1.54, 1.807) is 6.20 Å². The topological polar surface area (TPSA) is 77.0 Å². The normalized spacial score (nSPS) is 13.5. The van der Waals surface area contributed by atoms with Gasteiger partial charge in [-0.15, -0.1) is 0 Å². The van der Waals surface area contributed by atoms with Crippen molar-refractivity contribution in [1.29, 1.82) is 0 Å². The van der Waals surface area contributed by atoms with Crippen molar-refractivity contribution < 1.29 is 4.79 Å². The molecular weight excluding hydrogens is 314 g/mol. The van der Waals surface area contributed by atoms with Gasteiger partial charge in [0.1, 0.15) is 5.82 Å². The zero-order valence-corrected chi connectivity index (χ0v) is 13.8. The Morgan fingerprint density at radius 1 is 1.12 bits per heavy atom. The van der Waals surface area contributed by atoms with Crippen LogP contribution in [0.5, 0.6) is 0 Å². The van der Waals surface area contributed by atoms with E-state index >= 15 is 0 Å². The standard InChI is InChI=1S/C19H19N5O/c20-15-6-7-16(14-4-2-1-3-5-14)22-17(15)12-19(25)24-11-10-23-9-8-21-18(23)13-24/h1-9H,10-13,20H2. The smallest absolute Gasteiger partial charge is 0.229 e. The van der Waals surface area contributed by atoms with Gasteiger partial charge < -0.3 is 15.2 Å². The lowest BCUT2D eigenvalue weighted by Gasteiger charge is -2.27. The molecule has 3 heterocycles. The zero-order chi connectivity index (χ0) is 17.2. The molecule has 0 bridgehead atoms. The van der Waals surface area contributed by atoms with E-state index in [-0.39, 0.29) is 12.3 Å². The summed E-state index contributed by atoms with van der Waals surface area (Å²) in [6.45, 7) is 1.98. The third-order valence-electron chi connectivity index (χ3n) is 4.50. The summed E-state index contributed by atoms with van der Waals surface area (Å²) in [6.07, 6.45) is 3.92. The molecular formula is C19H19N5O. The van der Waals surface area contributed by atoms with E-state index in [1.807, 2.05) is 53.6 Å². The average Bonchev–Trinajstić information content (AvgIpc) is 3.12. The Morgan fingerprint density at radius 3 is 2.80 bits per heavy atom. The highest BCUT2D eigenvalue weighted by atomic mass is 16.2. The molecule has 6 heteroatoms. The lowest BCUT2D eigenvalue weighted by atomic mass is 10.1. The van der Waals surface area contributed by atoms with Gasteiger partial charge in [-0.1, -0.05) is 30.3 Å². The minimum Gasteiger partial charge on any atom is -0.397 e. The number of carbonyl (C=O) groups is 1. The van der Waals surface area contributed by atoms with E-state index in [1.165, 1.54) is 0 Å². The number of carbonyl (C=O) groups excluding carboxylic acids is 1. The predicted octanol–water partition coefficient (Wildman–Crippen LogP) is 2.11. The number of rotatable bonds is 3. The summed E-state index contributed by atoms with van der Waals surface area (Å²) >= 11 is 0. The van der Waals surface area contributed by atoms with Crippen LogP contribution in [0.2, 0.25) is 0 Å². The second-order valence-corrected chi connectivity index (χ2v) is 6.13. The summed E-state index contributed by atoms with van der Waals surface area (Å²) in [5.74, 6) is 0.942. The quantitative estimate of drug-likeness (QED) is 0.796. The molecule has 25 heavy (non-hydrogen) atoms. The molecule has 1 amide bonds. The molecule has 0 aliphatic carbocycles. The van der Waals surface area contributed by atoms with Crippen molar-refractivity contribution in [3.05, 3.63) is 66.4 Å². The number of hydrogen-bond acceptors (Lipinski definition) is 4. The van der Waals surface area contributed by atoms with Crippen molar-refractivity contribution in [3.63, 3.8) is 0 Å². The molecule has 6 nitrogen and oxygen atoms in total. The van der Waals surface area contributed by atoms with Crippen LogP contribution < -0.4 is 5.73 Å². The van der Waals surface area contributed by atoms with Crippen LogP contribution in [0.15, 0.2) is 54.9 Å². The average molecular weight is 333 g/mol. The van der Waals surface area contributed by atoms with Gasteiger partial charge in [0, 0.05) is 31.0 Å². The highest BCUT2D eigenvalue weighted by molar-refractivity contribution is 5.80. The van der Waals surface area contributed by atoms with Crippen molar-refractivity contribution in [2.24, 2.45) is 0 Å². The van der Waals surface area contributed by atoms with E-state index in [0.29, 0.717) is 24.5 Å². The first-order valence-corrected chi connectivity index (χ1v) is 8.29. The molecule has 4 rings (SSSR count). The first-order chi connectivity index (χ1) is 12.2. The number of anilines is 1. The zero-order valence-electron chi connectivity index (χ0n) is 13.8. The van der Waals surface area contributed by atoms with Crippen molar-refractivity contribution in [2.75, 3.05) is 12.3 Å². The summed E-state index contributed by atoms with van der Waals surface area (Å²) in [4.78, 5) is 23.4. The minimum atomic E-state index is 0.0265. The fraction of sp³-hybridized carbons (Fsp3) is 0.211.